The molecule has 1 rings (SSSR count). The molecule has 0 fully saturated rings. The van der Waals surface area contributed by atoms with Crippen LogP contribution in [0.1, 0.15) is 0 Å². The van der Waals surface area contributed by atoms with Crippen LogP contribution in [0.4, 0.5) is 5.95 Å². The fraction of sp³-hybridized carbons (Fsp3) is 0.500. The molecule has 0 spiro atoms. The molecule has 0 amide bonds. The SMILES string of the molecule is CNc1nncn1C.[Cu+2]. The Balaban J connectivity index is 0.000000640. The van der Waals surface area contributed by atoms with Gasteiger partial charge in [-0.05, 0) is 0 Å². The Labute approximate surface area is 64.1 Å². The van der Waals surface area contributed by atoms with E-state index < -0.39 is 0 Å². The Hall–Kier alpha value is -0.541. The molecule has 4 nitrogen and oxygen atoms in total. The van der Waals surface area contributed by atoms with Crippen molar-refractivity contribution < 1.29 is 17.1 Å². The number of aromatic nitrogens is 3. The maximum Gasteiger partial charge on any atom is 2.00 e. The summed E-state index contributed by atoms with van der Waals surface area (Å²) in [6, 6.07) is 0. The van der Waals surface area contributed by atoms with E-state index in [9.17, 15) is 0 Å². The van der Waals surface area contributed by atoms with E-state index in [0.29, 0.717) is 0 Å². The van der Waals surface area contributed by atoms with Crippen LogP contribution in [0.2, 0.25) is 0 Å². The topological polar surface area (TPSA) is 42.7 Å². The van der Waals surface area contributed by atoms with E-state index in [1.54, 1.807) is 10.9 Å². The van der Waals surface area contributed by atoms with Crippen molar-refractivity contribution in [2.75, 3.05) is 12.4 Å². The van der Waals surface area contributed by atoms with Gasteiger partial charge >= 0.3 is 17.1 Å². The van der Waals surface area contributed by atoms with Gasteiger partial charge in [0.05, 0.1) is 0 Å². The molecule has 0 bridgehead atoms. The molecular formula is C4H8CuN4+2. The third-order valence-electron chi connectivity index (χ3n) is 0.935. The second-order valence-electron chi connectivity index (χ2n) is 1.52. The zero-order chi connectivity index (χ0) is 5.98. The van der Waals surface area contributed by atoms with Crippen molar-refractivity contribution in [2.24, 2.45) is 7.05 Å². The van der Waals surface area contributed by atoms with Crippen LogP contribution in [0.25, 0.3) is 0 Å². The van der Waals surface area contributed by atoms with Crippen molar-refractivity contribution in [3.8, 4) is 0 Å². The van der Waals surface area contributed by atoms with Crippen LogP contribution in [-0.2, 0) is 24.1 Å². The molecule has 0 atom stereocenters. The molecular weight excluding hydrogens is 168 g/mol. The number of rotatable bonds is 1. The van der Waals surface area contributed by atoms with E-state index in [2.05, 4.69) is 15.5 Å². The molecule has 1 radical (unpaired) electrons. The molecule has 53 valence electrons. The molecule has 1 aromatic heterocycles. The van der Waals surface area contributed by atoms with Gasteiger partial charge in [-0.2, -0.15) is 0 Å². The van der Waals surface area contributed by atoms with E-state index in [4.69, 9.17) is 0 Å². The smallest absolute Gasteiger partial charge is 0.357 e. The second kappa shape index (κ2) is 3.48. The van der Waals surface area contributed by atoms with Gasteiger partial charge in [-0.25, -0.2) is 0 Å². The van der Waals surface area contributed by atoms with Crippen LogP contribution >= 0.6 is 0 Å². The maximum atomic E-state index is 3.74. The van der Waals surface area contributed by atoms with E-state index in [1.807, 2.05) is 14.1 Å². The molecule has 1 aromatic rings. The number of nitrogens with zero attached hydrogens (tertiary/aromatic N) is 3. The number of hydrogen-bond donors (Lipinski definition) is 1. The zero-order valence-corrected chi connectivity index (χ0v) is 6.16. The van der Waals surface area contributed by atoms with Crippen molar-refractivity contribution in [2.45, 2.75) is 0 Å². The summed E-state index contributed by atoms with van der Waals surface area (Å²) in [5, 5.41) is 10.2. The minimum atomic E-state index is 0. The summed E-state index contributed by atoms with van der Waals surface area (Å²) in [5.74, 6) is 0.782. The molecule has 0 saturated carbocycles. The normalized spacial score (nSPS) is 8.22. The van der Waals surface area contributed by atoms with Gasteiger partial charge in [0.25, 0.3) is 0 Å². The first kappa shape index (κ1) is 8.46. The minimum absolute atomic E-state index is 0. The van der Waals surface area contributed by atoms with Crippen LogP contribution < -0.4 is 5.32 Å². The van der Waals surface area contributed by atoms with E-state index in [-0.39, 0.29) is 17.1 Å². The first-order chi connectivity index (χ1) is 3.84. The maximum absolute atomic E-state index is 3.74. The zero-order valence-electron chi connectivity index (χ0n) is 5.22. The van der Waals surface area contributed by atoms with Crippen molar-refractivity contribution in [3.05, 3.63) is 6.33 Å². The Morgan fingerprint density at radius 1 is 1.67 bits per heavy atom. The molecule has 5 heteroatoms. The number of nitrogens with one attached hydrogen (secondary N) is 1. The molecule has 9 heavy (non-hydrogen) atoms. The van der Waals surface area contributed by atoms with Crippen molar-refractivity contribution in [3.63, 3.8) is 0 Å². The first-order valence-electron chi connectivity index (χ1n) is 2.36. The van der Waals surface area contributed by atoms with Crippen LogP contribution in [0.5, 0.6) is 0 Å². The van der Waals surface area contributed by atoms with Crippen molar-refractivity contribution in [1.82, 2.24) is 14.8 Å². The standard InChI is InChI=1S/C4H8N4.Cu/c1-5-4-7-6-3-8(4)2;/h3H,1-2H3,(H,5,7);/q;+2. The number of aryl methyl sites for hydroxylation is 1. The third kappa shape index (κ3) is 1.69. The molecule has 0 aromatic carbocycles. The number of hydrogen-bond acceptors (Lipinski definition) is 3. The van der Waals surface area contributed by atoms with Crippen LogP contribution in [0, 0.1) is 0 Å². The van der Waals surface area contributed by atoms with Gasteiger partial charge in [-0.1, -0.05) is 0 Å². The summed E-state index contributed by atoms with van der Waals surface area (Å²) in [7, 11) is 3.69. The fourth-order valence-electron chi connectivity index (χ4n) is 0.510. The molecule has 1 N–H and O–H groups in total. The molecule has 0 aliphatic rings. The summed E-state index contributed by atoms with van der Waals surface area (Å²) in [4.78, 5) is 0. The fourth-order valence-corrected chi connectivity index (χ4v) is 0.510. The first-order valence-corrected chi connectivity index (χ1v) is 2.36. The Kier molecular flexibility index (Phi) is 3.27. The molecule has 0 unspecified atom stereocenters. The van der Waals surface area contributed by atoms with Crippen molar-refractivity contribution >= 4 is 5.95 Å². The van der Waals surface area contributed by atoms with Crippen molar-refractivity contribution in [1.29, 1.82) is 0 Å². The van der Waals surface area contributed by atoms with Gasteiger partial charge in [0, 0.05) is 14.1 Å². The summed E-state index contributed by atoms with van der Waals surface area (Å²) < 4.78 is 1.81. The average Bonchev–Trinajstić information content (AvgIpc) is 2.14. The van der Waals surface area contributed by atoms with Crippen LogP contribution in [-0.4, -0.2) is 21.8 Å². The van der Waals surface area contributed by atoms with Gasteiger partial charge in [0.15, 0.2) is 0 Å². The average molecular weight is 176 g/mol. The summed E-state index contributed by atoms with van der Waals surface area (Å²) in [6.07, 6.45) is 1.64. The van der Waals surface area contributed by atoms with Gasteiger partial charge in [0.1, 0.15) is 6.33 Å². The van der Waals surface area contributed by atoms with Crippen LogP contribution in [0.3, 0.4) is 0 Å². The van der Waals surface area contributed by atoms with E-state index in [1.165, 1.54) is 0 Å². The number of anilines is 1. The molecule has 0 aliphatic heterocycles. The Morgan fingerprint density at radius 3 is 2.56 bits per heavy atom. The quantitative estimate of drug-likeness (QED) is 0.604. The van der Waals surface area contributed by atoms with E-state index >= 15 is 0 Å². The third-order valence-corrected chi connectivity index (χ3v) is 0.935. The molecule has 0 saturated heterocycles. The van der Waals surface area contributed by atoms with Gasteiger partial charge < -0.3 is 9.88 Å². The monoisotopic (exact) mass is 175 g/mol. The van der Waals surface area contributed by atoms with Gasteiger partial charge in [0.2, 0.25) is 5.95 Å². The predicted octanol–water partition coefficient (Wildman–Crippen LogP) is -0.146. The summed E-state index contributed by atoms with van der Waals surface area (Å²) in [6.45, 7) is 0. The van der Waals surface area contributed by atoms with Gasteiger partial charge in [-0.3, -0.25) is 0 Å². The summed E-state index contributed by atoms with van der Waals surface area (Å²) in [5.41, 5.74) is 0. The van der Waals surface area contributed by atoms with Crippen LogP contribution in [0.15, 0.2) is 6.33 Å². The largest absolute Gasteiger partial charge is 2.00 e. The summed E-state index contributed by atoms with van der Waals surface area (Å²) >= 11 is 0. The molecule has 0 aliphatic carbocycles. The van der Waals surface area contributed by atoms with E-state index in [0.717, 1.165) is 5.95 Å². The Bertz CT molecular complexity index is 173. The second-order valence-corrected chi connectivity index (χ2v) is 1.52. The Morgan fingerprint density at radius 2 is 2.33 bits per heavy atom. The molecule has 1 heterocycles. The van der Waals surface area contributed by atoms with Gasteiger partial charge in [-0.15, -0.1) is 10.2 Å². The minimum Gasteiger partial charge on any atom is -0.357 e. The predicted molar refractivity (Wildman–Crippen MR) is 30.5 cm³/mol.